The number of hydrogen-bond donors (Lipinski definition) is 1. The van der Waals surface area contributed by atoms with Crippen LogP contribution in [0.1, 0.15) is 22.7 Å². The van der Waals surface area contributed by atoms with Crippen LogP contribution in [0.25, 0.3) is 0 Å². The molecule has 0 aromatic heterocycles. The van der Waals surface area contributed by atoms with Gasteiger partial charge in [-0.1, -0.05) is 29.3 Å². The zero-order valence-corrected chi connectivity index (χ0v) is 9.54. The molecule has 1 rings (SSSR count). The summed E-state index contributed by atoms with van der Waals surface area (Å²) < 4.78 is 0. The Morgan fingerprint density at radius 3 is 2.00 bits per heavy atom. The second-order valence-corrected chi connectivity index (χ2v) is 4.14. The lowest BCUT2D eigenvalue weighted by molar-refractivity contribution is 0.306. The normalized spacial score (nSPS) is 13.3. The second kappa shape index (κ2) is 4.58. The van der Waals surface area contributed by atoms with Gasteiger partial charge in [-0.2, -0.15) is 0 Å². The molecule has 1 aromatic rings. The quantitative estimate of drug-likeness (QED) is 0.792. The molecule has 0 saturated carbocycles. The summed E-state index contributed by atoms with van der Waals surface area (Å²) in [6.07, 6.45) is 0. The fourth-order valence-electron chi connectivity index (χ4n) is 1.85. The molecule has 0 aliphatic carbocycles. The first-order valence-electron chi connectivity index (χ1n) is 4.99. The first kappa shape index (κ1) is 11.2. The highest BCUT2D eigenvalue weighted by Crippen LogP contribution is 2.19. The van der Waals surface area contributed by atoms with Gasteiger partial charge in [0.05, 0.1) is 0 Å². The summed E-state index contributed by atoms with van der Waals surface area (Å²) in [4.78, 5) is 2.16. The minimum absolute atomic E-state index is 0.327. The Hall–Kier alpha value is -0.860. The molecule has 1 aromatic carbocycles. The van der Waals surface area contributed by atoms with E-state index in [0.717, 1.165) is 0 Å². The third-order valence-electron chi connectivity index (χ3n) is 2.48. The first-order chi connectivity index (χ1) is 6.54. The summed E-state index contributed by atoms with van der Waals surface area (Å²) in [7, 11) is 4.13. The van der Waals surface area contributed by atoms with Crippen LogP contribution in [0.4, 0.5) is 0 Å². The van der Waals surface area contributed by atoms with Crippen LogP contribution in [0.3, 0.4) is 0 Å². The maximum Gasteiger partial charge on any atom is 0.0464 e. The van der Waals surface area contributed by atoms with Crippen LogP contribution in [0.15, 0.2) is 18.2 Å². The van der Waals surface area contributed by atoms with Crippen molar-refractivity contribution in [3.05, 3.63) is 34.9 Å². The monoisotopic (exact) mass is 192 g/mol. The average molecular weight is 192 g/mol. The van der Waals surface area contributed by atoms with Crippen molar-refractivity contribution in [3.63, 3.8) is 0 Å². The molecule has 0 amide bonds. The Labute approximate surface area is 86.7 Å². The van der Waals surface area contributed by atoms with Crippen LogP contribution in [0, 0.1) is 13.8 Å². The number of aryl methyl sites for hydroxylation is 2. The fraction of sp³-hybridized carbons (Fsp3) is 0.500. The van der Waals surface area contributed by atoms with E-state index < -0.39 is 0 Å². The van der Waals surface area contributed by atoms with Crippen LogP contribution >= 0.6 is 0 Å². The highest BCUT2D eigenvalue weighted by molar-refractivity contribution is 5.30. The van der Waals surface area contributed by atoms with Crippen molar-refractivity contribution < 1.29 is 0 Å². The maximum atomic E-state index is 5.76. The molecule has 0 fully saturated rings. The van der Waals surface area contributed by atoms with Gasteiger partial charge in [-0.25, -0.2) is 0 Å². The zero-order valence-electron chi connectivity index (χ0n) is 9.54. The van der Waals surface area contributed by atoms with Crippen LogP contribution in [-0.4, -0.2) is 25.5 Å². The summed E-state index contributed by atoms with van der Waals surface area (Å²) in [5, 5.41) is 0. The summed E-state index contributed by atoms with van der Waals surface area (Å²) >= 11 is 0. The highest BCUT2D eigenvalue weighted by Gasteiger charge is 2.12. The smallest absolute Gasteiger partial charge is 0.0464 e. The molecule has 1 unspecified atom stereocenters. The SMILES string of the molecule is Cc1cc(C)cc(C(CN)N(C)C)c1. The topological polar surface area (TPSA) is 29.3 Å². The van der Waals surface area contributed by atoms with Gasteiger partial charge in [0.15, 0.2) is 0 Å². The Kier molecular flexibility index (Phi) is 3.67. The lowest BCUT2D eigenvalue weighted by Gasteiger charge is -2.23. The third-order valence-corrected chi connectivity index (χ3v) is 2.48. The standard InChI is InChI=1S/C12H20N2/c1-9-5-10(2)7-11(6-9)12(8-13)14(3)4/h5-7,12H,8,13H2,1-4H3. The Morgan fingerprint density at radius 1 is 1.14 bits per heavy atom. The molecular formula is C12H20N2. The molecule has 14 heavy (non-hydrogen) atoms. The molecule has 2 nitrogen and oxygen atoms in total. The second-order valence-electron chi connectivity index (χ2n) is 4.14. The van der Waals surface area contributed by atoms with Crippen molar-refractivity contribution in [3.8, 4) is 0 Å². The van der Waals surface area contributed by atoms with E-state index >= 15 is 0 Å². The molecule has 0 saturated heterocycles. The Morgan fingerprint density at radius 2 is 1.64 bits per heavy atom. The van der Waals surface area contributed by atoms with Gasteiger partial charge in [0.25, 0.3) is 0 Å². The fourth-order valence-corrected chi connectivity index (χ4v) is 1.85. The maximum absolute atomic E-state index is 5.76. The number of nitrogens with zero attached hydrogens (tertiary/aromatic N) is 1. The minimum atomic E-state index is 0.327. The van der Waals surface area contributed by atoms with Crippen molar-refractivity contribution in [2.45, 2.75) is 19.9 Å². The molecule has 0 bridgehead atoms. The van der Waals surface area contributed by atoms with Crippen molar-refractivity contribution >= 4 is 0 Å². The molecule has 1 atom stereocenters. The molecule has 2 heteroatoms. The van der Waals surface area contributed by atoms with E-state index in [9.17, 15) is 0 Å². The van der Waals surface area contributed by atoms with Crippen molar-refractivity contribution in [2.24, 2.45) is 5.73 Å². The molecule has 0 aliphatic rings. The number of nitrogens with two attached hydrogens (primary N) is 1. The van der Waals surface area contributed by atoms with Crippen molar-refractivity contribution in [2.75, 3.05) is 20.6 Å². The zero-order chi connectivity index (χ0) is 10.7. The lowest BCUT2D eigenvalue weighted by atomic mass is 10.0. The molecular weight excluding hydrogens is 172 g/mol. The van der Waals surface area contributed by atoms with E-state index in [1.165, 1.54) is 16.7 Å². The van der Waals surface area contributed by atoms with Gasteiger partial charge >= 0.3 is 0 Å². The minimum Gasteiger partial charge on any atom is -0.329 e. The largest absolute Gasteiger partial charge is 0.329 e. The molecule has 0 heterocycles. The van der Waals surface area contributed by atoms with Gasteiger partial charge in [0.2, 0.25) is 0 Å². The number of likely N-dealkylation sites (N-methyl/N-ethyl adjacent to an activating group) is 1. The predicted molar refractivity (Wildman–Crippen MR) is 61.4 cm³/mol. The van der Waals surface area contributed by atoms with E-state index in [1.54, 1.807) is 0 Å². The predicted octanol–water partition coefficient (Wildman–Crippen LogP) is 1.86. The highest BCUT2D eigenvalue weighted by atomic mass is 15.1. The van der Waals surface area contributed by atoms with E-state index in [4.69, 9.17) is 5.73 Å². The summed E-state index contributed by atoms with van der Waals surface area (Å²) in [5.74, 6) is 0. The van der Waals surface area contributed by atoms with Gasteiger partial charge in [0.1, 0.15) is 0 Å². The van der Waals surface area contributed by atoms with Crippen molar-refractivity contribution in [1.29, 1.82) is 0 Å². The third kappa shape index (κ3) is 2.56. The lowest BCUT2D eigenvalue weighted by Crippen LogP contribution is -2.27. The van der Waals surface area contributed by atoms with E-state index in [0.29, 0.717) is 12.6 Å². The van der Waals surface area contributed by atoms with E-state index in [1.807, 2.05) is 0 Å². The van der Waals surface area contributed by atoms with Gasteiger partial charge in [-0.3, -0.25) is 0 Å². The van der Waals surface area contributed by atoms with Gasteiger partial charge in [-0.05, 0) is 33.5 Å². The van der Waals surface area contributed by atoms with Crippen molar-refractivity contribution in [1.82, 2.24) is 4.90 Å². The van der Waals surface area contributed by atoms with Crippen LogP contribution in [0.5, 0.6) is 0 Å². The molecule has 0 aliphatic heterocycles. The van der Waals surface area contributed by atoms with E-state index in [-0.39, 0.29) is 0 Å². The summed E-state index contributed by atoms with van der Waals surface area (Å²) in [6, 6.07) is 6.94. The molecule has 2 N–H and O–H groups in total. The number of rotatable bonds is 3. The van der Waals surface area contributed by atoms with E-state index in [2.05, 4.69) is 51.0 Å². The molecule has 0 spiro atoms. The Bertz CT molecular complexity index is 285. The summed E-state index contributed by atoms with van der Waals surface area (Å²) in [6.45, 7) is 4.91. The Balaban J connectivity index is 3.04. The summed E-state index contributed by atoms with van der Waals surface area (Å²) in [5.41, 5.74) is 9.69. The van der Waals surface area contributed by atoms with Crippen LogP contribution in [-0.2, 0) is 0 Å². The average Bonchev–Trinajstić information content (AvgIpc) is 2.02. The van der Waals surface area contributed by atoms with Gasteiger partial charge in [-0.15, -0.1) is 0 Å². The first-order valence-corrected chi connectivity index (χ1v) is 4.99. The number of benzene rings is 1. The van der Waals surface area contributed by atoms with Gasteiger partial charge < -0.3 is 10.6 Å². The molecule has 78 valence electrons. The number of hydrogen-bond acceptors (Lipinski definition) is 2. The van der Waals surface area contributed by atoms with Crippen LogP contribution < -0.4 is 5.73 Å². The molecule has 0 radical (unpaired) electrons. The van der Waals surface area contributed by atoms with Crippen LogP contribution in [0.2, 0.25) is 0 Å². The van der Waals surface area contributed by atoms with Gasteiger partial charge in [0, 0.05) is 12.6 Å².